The van der Waals surface area contributed by atoms with Gasteiger partial charge in [0.05, 0.1) is 0 Å². The van der Waals surface area contributed by atoms with Crippen LogP contribution in [0.1, 0.15) is 45.4 Å². The molecule has 2 unspecified atom stereocenters. The molecule has 104 valence electrons. The van der Waals surface area contributed by atoms with Gasteiger partial charge >= 0.3 is 5.97 Å². The molecule has 2 aliphatic rings. The van der Waals surface area contributed by atoms with Crippen molar-refractivity contribution in [3.05, 3.63) is 0 Å². The monoisotopic (exact) mass is 255 g/mol. The molecule has 0 spiro atoms. The zero-order chi connectivity index (χ0) is 13.0. The smallest absolute Gasteiger partial charge is 0.324 e. The van der Waals surface area contributed by atoms with Gasteiger partial charge in [-0.25, -0.2) is 0 Å². The molecule has 0 bridgehead atoms. The summed E-state index contributed by atoms with van der Waals surface area (Å²) in [5, 5.41) is 12.7. The minimum absolute atomic E-state index is 0.217. The number of carboxylic acid groups (broad SMARTS) is 1. The first kappa shape index (κ1) is 13.8. The van der Waals surface area contributed by atoms with Crippen LogP contribution in [0.2, 0.25) is 0 Å². The van der Waals surface area contributed by atoms with Crippen molar-refractivity contribution in [3.8, 4) is 0 Å². The van der Waals surface area contributed by atoms with E-state index in [1.54, 1.807) is 0 Å². The van der Waals surface area contributed by atoms with E-state index in [4.69, 9.17) is 4.74 Å². The average Bonchev–Trinajstić information content (AvgIpc) is 3.07. The van der Waals surface area contributed by atoms with Gasteiger partial charge in [-0.05, 0) is 50.5 Å². The Balaban J connectivity index is 1.81. The quantitative estimate of drug-likeness (QED) is 0.652. The first-order valence-corrected chi connectivity index (χ1v) is 7.25. The topological polar surface area (TPSA) is 58.6 Å². The molecule has 2 atom stereocenters. The Morgan fingerprint density at radius 3 is 2.83 bits per heavy atom. The van der Waals surface area contributed by atoms with Crippen molar-refractivity contribution in [1.82, 2.24) is 5.32 Å². The number of carbonyl (C=O) groups is 1. The lowest BCUT2D eigenvalue weighted by Crippen LogP contribution is -2.54. The predicted octanol–water partition coefficient (Wildman–Crippen LogP) is 2.04. The van der Waals surface area contributed by atoms with Gasteiger partial charge in [-0.1, -0.05) is 13.3 Å². The Kier molecular flexibility index (Phi) is 4.62. The first-order chi connectivity index (χ1) is 8.69. The molecule has 2 N–H and O–H groups in total. The minimum atomic E-state index is -0.697. The van der Waals surface area contributed by atoms with Crippen LogP contribution >= 0.6 is 0 Å². The van der Waals surface area contributed by atoms with E-state index >= 15 is 0 Å². The molecule has 0 aliphatic heterocycles. The SMILES string of the molecule is CCNC1(C(=O)O)CCCC1CCOCC1CC1. The van der Waals surface area contributed by atoms with Gasteiger partial charge in [-0.3, -0.25) is 4.79 Å². The second-order valence-electron chi connectivity index (χ2n) is 5.70. The largest absolute Gasteiger partial charge is 0.480 e. The van der Waals surface area contributed by atoms with E-state index < -0.39 is 11.5 Å². The molecule has 0 amide bonds. The third kappa shape index (κ3) is 3.04. The molecule has 2 saturated carbocycles. The van der Waals surface area contributed by atoms with Crippen molar-refractivity contribution in [2.24, 2.45) is 11.8 Å². The Labute approximate surface area is 109 Å². The van der Waals surface area contributed by atoms with E-state index in [-0.39, 0.29) is 5.92 Å². The maximum atomic E-state index is 11.6. The Bertz CT molecular complexity index is 291. The van der Waals surface area contributed by atoms with Crippen LogP contribution in [-0.2, 0) is 9.53 Å². The van der Waals surface area contributed by atoms with Gasteiger partial charge in [-0.2, -0.15) is 0 Å². The van der Waals surface area contributed by atoms with E-state index in [9.17, 15) is 9.90 Å². The van der Waals surface area contributed by atoms with Gasteiger partial charge in [0.15, 0.2) is 0 Å². The van der Waals surface area contributed by atoms with E-state index in [1.165, 1.54) is 12.8 Å². The summed E-state index contributed by atoms with van der Waals surface area (Å²) < 4.78 is 5.65. The summed E-state index contributed by atoms with van der Waals surface area (Å²) in [5.74, 6) is 0.315. The molecule has 0 aromatic heterocycles. The summed E-state index contributed by atoms with van der Waals surface area (Å²) in [6.45, 7) is 4.27. The predicted molar refractivity (Wildman–Crippen MR) is 69.5 cm³/mol. The fourth-order valence-corrected chi connectivity index (χ4v) is 3.13. The highest BCUT2D eigenvalue weighted by atomic mass is 16.5. The molecule has 4 heteroatoms. The Morgan fingerprint density at radius 1 is 1.44 bits per heavy atom. The Hall–Kier alpha value is -0.610. The minimum Gasteiger partial charge on any atom is -0.480 e. The summed E-state index contributed by atoms with van der Waals surface area (Å²) in [5.41, 5.74) is -0.697. The van der Waals surface area contributed by atoms with E-state index in [2.05, 4.69) is 5.32 Å². The highest BCUT2D eigenvalue weighted by molar-refractivity contribution is 5.79. The molecular weight excluding hydrogens is 230 g/mol. The molecule has 2 rings (SSSR count). The van der Waals surface area contributed by atoms with Crippen LogP contribution in [0.5, 0.6) is 0 Å². The van der Waals surface area contributed by atoms with Gasteiger partial charge in [0.2, 0.25) is 0 Å². The van der Waals surface area contributed by atoms with Crippen LogP contribution in [0.3, 0.4) is 0 Å². The normalized spacial score (nSPS) is 31.7. The number of ether oxygens (including phenoxy) is 1. The average molecular weight is 255 g/mol. The molecule has 0 aromatic carbocycles. The molecule has 0 saturated heterocycles. The zero-order valence-corrected chi connectivity index (χ0v) is 11.3. The second-order valence-corrected chi connectivity index (χ2v) is 5.70. The fraction of sp³-hybridized carbons (Fsp3) is 0.929. The maximum Gasteiger partial charge on any atom is 0.324 e. The maximum absolute atomic E-state index is 11.6. The number of aliphatic carboxylic acids is 1. The van der Waals surface area contributed by atoms with E-state index in [0.29, 0.717) is 13.2 Å². The number of hydrogen-bond donors (Lipinski definition) is 2. The third-order valence-electron chi connectivity index (χ3n) is 4.36. The van der Waals surface area contributed by atoms with Crippen molar-refractivity contribution < 1.29 is 14.6 Å². The molecule has 0 aromatic rings. The molecular formula is C14H25NO3. The van der Waals surface area contributed by atoms with Crippen LogP contribution in [0.4, 0.5) is 0 Å². The summed E-state index contributed by atoms with van der Waals surface area (Å²) in [6, 6.07) is 0. The van der Waals surface area contributed by atoms with Crippen molar-refractivity contribution in [2.75, 3.05) is 19.8 Å². The standard InChI is InChI=1S/C14H25NO3/c1-2-15-14(13(16)17)8-3-4-12(14)7-9-18-10-11-5-6-11/h11-12,15H,2-10H2,1H3,(H,16,17). The van der Waals surface area contributed by atoms with Crippen LogP contribution in [0.15, 0.2) is 0 Å². The lowest BCUT2D eigenvalue weighted by Gasteiger charge is -2.32. The summed E-state index contributed by atoms with van der Waals surface area (Å²) in [7, 11) is 0. The van der Waals surface area contributed by atoms with Gasteiger partial charge in [0.1, 0.15) is 5.54 Å². The lowest BCUT2D eigenvalue weighted by molar-refractivity contribution is -0.146. The van der Waals surface area contributed by atoms with Crippen molar-refractivity contribution in [3.63, 3.8) is 0 Å². The summed E-state index contributed by atoms with van der Waals surface area (Å²) >= 11 is 0. The number of carboxylic acids is 1. The Morgan fingerprint density at radius 2 is 2.22 bits per heavy atom. The fourth-order valence-electron chi connectivity index (χ4n) is 3.13. The molecule has 4 nitrogen and oxygen atoms in total. The van der Waals surface area contributed by atoms with Crippen molar-refractivity contribution in [1.29, 1.82) is 0 Å². The number of nitrogens with one attached hydrogen (secondary N) is 1. The summed E-state index contributed by atoms with van der Waals surface area (Å²) in [4.78, 5) is 11.6. The number of likely N-dealkylation sites (N-methyl/N-ethyl adjacent to an activating group) is 1. The van der Waals surface area contributed by atoms with Crippen LogP contribution in [-0.4, -0.2) is 36.4 Å². The number of hydrogen-bond acceptors (Lipinski definition) is 3. The van der Waals surface area contributed by atoms with Crippen molar-refractivity contribution >= 4 is 5.97 Å². The highest BCUT2D eigenvalue weighted by Crippen LogP contribution is 2.38. The molecule has 2 fully saturated rings. The zero-order valence-electron chi connectivity index (χ0n) is 11.3. The highest BCUT2D eigenvalue weighted by Gasteiger charge is 2.48. The van der Waals surface area contributed by atoms with Crippen LogP contribution in [0.25, 0.3) is 0 Å². The lowest BCUT2D eigenvalue weighted by atomic mass is 9.84. The molecule has 0 heterocycles. The first-order valence-electron chi connectivity index (χ1n) is 7.25. The molecule has 2 aliphatic carbocycles. The van der Waals surface area contributed by atoms with Gasteiger partial charge in [0.25, 0.3) is 0 Å². The van der Waals surface area contributed by atoms with Crippen LogP contribution < -0.4 is 5.32 Å². The molecule has 0 radical (unpaired) electrons. The van der Waals surface area contributed by atoms with Gasteiger partial charge < -0.3 is 15.2 Å². The van der Waals surface area contributed by atoms with Crippen LogP contribution in [0, 0.1) is 11.8 Å². The summed E-state index contributed by atoms with van der Waals surface area (Å²) in [6.07, 6.45) is 6.24. The third-order valence-corrected chi connectivity index (χ3v) is 4.36. The van der Waals surface area contributed by atoms with Gasteiger partial charge in [0, 0.05) is 13.2 Å². The van der Waals surface area contributed by atoms with E-state index in [0.717, 1.165) is 38.2 Å². The van der Waals surface area contributed by atoms with Gasteiger partial charge in [-0.15, -0.1) is 0 Å². The van der Waals surface area contributed by atoms with E-state index in [1.807, 2.05) is 6.92 Å². The second kappa shape index (κ2) is 6.02. The van der Waals surface area contributed by atoms with Crippen molar-refractivity contribution in [2.45, 2.75) is 51.0 Å². The number of rotatable bonds is 8. The molecule has 18 heavy (non-hydrogen) atoms.